The molecular weight excluding hydrogens is 244 g/mol. The number of nitrogens with zero attached hydrogens (tertiary/aromatic N) is 1. The quantitative estimate of drug-likeness (QED) is 0.702. The Morgan fingerprint density at radius 3 is 2.74 bits per heavy atom. The minimum Gasteiger partial charge on any atom is -0.468 e. The van der Waals surface area contributed by atoms with E-state index in [9.17, 15) is 4.79 Å². The van der Waals surface area contributed by atoms with Crippen LogP contribution in [0, 0.1) is 0 Å². The molecule has 5 nitrogen and oxygen atoms in total. The van der Waals surface area contributed by atoms with Gasteiger partial charge in [0.2, 0.25) is 0 Å². The Morgan fingerprint density at radius 1 is 1.53 bits per heavy atom. The van der Waals surface area contributed by atoms with Gasteiger partial charge in [-0.25, -0.2) is 0 Å². The van der Waals surface area contributed by atoms with Gasteiger partial charge in [0.05, 0.1) is 19.8 Å². The third-order valence-electron chi connectivity index (χ3n) is 4.06. The predicted molar refractivity (Wildman–Crippen MR) is 75.2 cm³/mol. The molecule has 2 atom stereocenters. The molecule has 0 bridgehead atoms. The van der Waals surface area contributed by atoms with Crippen LogP contribution in [-0.2, 0) is 14.3 Å². The highest BCUT2D eigenvalue weighted by Crippen LogP contribution is 2.33. The van der Waals surface area contributed by atoms with Crippen LogP contribution in [0.5, 0.6) is 0 Å². The molecule has 0 heterocycles. The topological polar surface area (TPSA) is 50.8 Å². The first-order valence-electron chi connectivity index (χ1n) is 7.04. The highest BCUT2D eigenvalue weighted by atomic mass is 16.5. The van der Waals surface area contributed by atoms with Crippen molar-refractivity contribution in [3.63, 3.8) is 0 Å². The molecule has 0 saturated heterocycles. The second kappa shape index (κ2) is 7.22. The fraction of sp³-hybridized carbons (Fsp3) is 0.929. The number of methoxy groups -OCH3 is 1. The largest absolute Gasteiger partial charge is 0.468 e. The van der Waals surface area contributed by atoms with Gasteiger partial charge in [-0.15, -0.1) is 0 Å². The van der Waals surface area contributed by atoms with Crippen LogP contribution < -0.4 is 5.32 Å². The number of nitrogens with one attached hydrogen (secondary N) is 1. The molecule has 112 valence electrons. The van der Waals surface area contributed by atoms with Crippen LogP contribution >= 0.6 is 0 Å². The van der Waals surface area contributed by atoms with Crippen LogP contribution in [0.15, 0.2) is 0 Å². The number of likely N-dealkylation sites (N-methyl/N-ethyl adjacent to an activating group) is 2. The normalized spacial score (nSPS) is 27.2. The number of carbonyl (C=O) groups is 1. The summed E-state index contributed by atoms with van der Waals surface area (Å²) in [4.78, 5) is 14.2. The average molecular weight is 272 g/mol. The summed E-state index contributed by atoms with van der Waals surface area (Å²) in [5.41, 5.74) is -0.507. The molecule has 2 unspecified atom stereocenters. The van der Waals surface area contributed by atoms with Gasteiger partial charge in [0, 0.05) is 12.6 Å². The minimum absolute atomic E-state index is 0.149. The Hall–Kier alpha value is -0.650. The zero-order chi connectivity index (χ0) is 14.5. The van der Waals surface area contributed by atoms with Crippen LogP contribution in [0.25, 0.3) is 0 Å². The zero-order valence-corrected chi connectivity index (χ0v) is 12.9. The van der Waals surface area contributed by atoms with Gasteiger partial charge in [-0.1, -0.05) is 0 Å². The molecule has 1 N–H and O–H groups in total. The fourth-order valence-electron chi connectivity index (χ4n) is 2.72. The summed E-state index contributed by atoms with van der Waals surface area (Å²) in [6.07, 6.45) is 2.90. The standard InChI is InChI=1S/C14H28N2O3/c1-11(2)19-9-8-16(4)12-6-7-14(10-12,15-3)13(17)18-5/h11-12,15H,6-10H2,1-5H3. The SMILES string of the molecule is CNC1(C(=O)OC)CCC(N(C)CCOC(C)C)C1. The highest BCUT2D eigenvalue weighted by molar-refractivity contribution is 5.81. The third-order valence-corrected chi connectivity index (χ3v) is 4.06. The molecule has 0 spiro atoms. The van der Waals surface area contributed by atoms with E-state index in [1.807, 2.05) is 20.9 Å². The van der Waals surface area contributed by atoms with E-state index in [2.05, 4.69) is 17.3 Å². The molecule has 0 aromatic rings. The van der Waals surface area contributed by atoms with Gasteiger partial charge in [-0.2, -0.15) is 0 Å². The van der Waals surface area contributed by atoms with Crippen molar-refractivity contribution in [3.8, 4) is 0 Å². The van der Waals surface area contributed by atoms with E-state index in [-0.39, 0.29) is 12.1 Å². The van der Waals surface area contributed by atoms with Crippen LogP contribution in [-0.4, -0.2) is 62.9 Å². The van der Waals surface area contributed by atoms with Gasteiger partial charge in [-0.05, 0) is 47.2 Å². The Bertz CT molecular complexity index is 296. The second-order valence-corrected chi connectivity index (χ2v) is 5.62. The van der Waals surface area contributed by atoms with Crippen molar-refractivity contribution in [2.45, 2.75) is 50.8 Å². The lowest BCUT2D eigenvalue weighted by Gasteiger charge is -2.28. The number of rotatable bonds is 7. The van der Waals surface area contributed by atoms with Crippen LogP contribution in [0.2, 0.25) is 0 Å². The molecule has 0 aliphatic heterocycles. The van der Waals surface area contributed by atoms with Gasteiger partial charge in [0.15, 0.2) is 0 Å². The van der Waals surface area contributed by atoms with Gasteiger partial charge < -0.3 is 19.7 Å². The monoisotopic (exact) mass is 272 g/mol. The van der Waals surface area contributed by atoms with E-state index < -0.39 is 5.54 Å². The smallest absolute Gasteiger partial charge is 0.326 e. The molecule has 0 aromatic heterocycles. The highest BCUT2D eigenvalue weighted by Gasteiger charge is 2.46. The Kier molecular flexibility index (Phi) is 6.23. The van der Waals surface area contributed by atoms with Crippen molar-refractivity contribution in [3.05, 3.63) is 0 Å². The molecule has 1 aliphatic carbocycles. The van der Waals surface area contributed by atoms with Gasteiger partial charge >= 0.3 is 5.97 Å². The lowest BCUT2D eigenvalue weighted by Crippen LogP contribution is -2.50. The molecule has 5 heteroatoms. The summed E-state index contributed by atoms with van der Waals surface area (Å²) < 4.78 is 10.5. The molecule has 19 heavy (non-hydrogen) atoms. The number of ether oxygens (including phenoxy) is 2. The second-order valence-electron chi connectivity index (χ2n) is 5.62. The van der Waals surface area contributed by atoms with Crippen molar-refractivity contribution >= 4 is 5.97 Å². The van der Waals surface area contributed by atoms with E-state index in [4.69, 9.17) is 9.47 Å². The lowest BCUT2D eigenvalue weighted by molar-refractivity contribution is -0.148. The molecule has 0 amide bonds. The fourth-order valence-corrected chi connectivity index (χ4v) is 2.72. The van der Waals surface area contributed by atoms with E-state index in [0.29, 0.717) is 6.04 Å². The molecule has 1 saturated carbocycles. The number of hydrogen-bond acceptors (Lipinski definition) is 5. The minimum atomic E-state index is -0.507. The first kappa shape index (κ1) is 16.4. The summed E-state index contributed by atoms with van der Waals surface area (Å²) in [6, 6.07) is 0.405. The van der Waals surface area contributed by atoms with Crippen molar-refractivity contribution in [2.24, 2.45) is 0 Å². The van der Waals surface area contributed by atoms with E-state index in [0.717, 1.165) is 32.4 Å². The maximum absolute atomic E-state index is 11.9. The molecule has 1 fully saturated rings. The molecule has 1 aliphatic rings. The Labute approximate surface area is 116 Å². The zero-order valence-electron chi connectivity index (χ0n) is 12.9. The van der Waals surface area contributed by atoms with Crippen molar-refractivity contribution in [2.75, 3.05) is 34.4 Å². The van der Waals surface area contributed by atoms with Crippen molar-refractivity contribution in [1.82, 2.24) is 10.2 Å². The number of carbonyl (C=O) groups excluding carboxylic acids is 1. The number of hydrogen-bond donors (Lipinski definition) is 1. The predicted octanol–water partition coefficient (Wildman–Crippen LogP) is 1.03. The van der Waals surface area contributed by atoms with E-state index in [1.165, 1.54) is 7.11 Å². The Balaban J connectivity index is 2.47. The summed E-state index contributed by atoms with van der Waals surface area (Å²) in [7, 11) is 5.38. The summed E-state index contributed by atoms with van der Waals surface area (Å²) in [6.45, 7) is 5.71. The van der Waals surface area contributed by atoms with Crippen molar-refractivity contribution in [1.29, 1.82) is 0 Å². The van der Waals surface area contributed by atoms with E-state index in [1.54, 1.807) is 0 Å². The van der Waals surface area contributed by atoms with E-state index >= 15 is 0 Å². The van der Waals surface area contributed by atoms with Crippen LogP contribution in [0.4, 0.5) is 0 Å². The molecular formula is C14H28N2O3. The summed E-state index contributed by atoms with van der Waals surface area (Å²) in [5, 5.41) is 3.15. The van der Waals surface area contributed by atoms with Crippen molar-refractivity contribution < 1.29 is 14.3 Å². The number of esters is 1. The van der Waals surface area contributed by atoms with Crippen LogP contribution in [0.3, 0.4) is 0 Å². The third kappa shape index (κ3) is 4.16. The van der Waals surface area contributed by atoms with Crippen LogP contribution in [0.1, 0.15) is 33.1 Å². The molecule has 1 rings (SSSR count). The maximum Gasteiger partial charge on any atom is 0.326 e. The molecule has 0 aromatic carbocycles. The lowest BCUT2D eigenvalue weighted by atomic mass is 9.97. The van der Waals surface area contributed by atoms with Gasteiger partial charge in [0.1, 0.15) is 5.54 Å². The Morgan fingerprint density at radius 2 is 2.21 bits per heavy atom. The van der Waals surface area contributed by atoms with Gasteiger partial charge in [0.25, 0.3) is 0 Å². The average Bonchev–Trinajstić information content (AvgIpc) is 2.83. The molecule has 0 radical (unpaired) electrons. The first-order chi connectivity index (χ1) is 8.95. The maximum atomic E-state index is 11.9. The summed E-state index contributed by atoms with van der Waals surface area (Å²) >= 11 is 0. The summed E-state index contributed by atoms with van der Waals surface area (Å²) in [5.74, 6) is -0.149. The first-order valence-corrected chi connectivity index (χ1v) is 7.04. The van der Waals surface area contributed by atoms with Gasteiger partial charge in [-0.3, -0.25) is 4.79 Å².